The maximum Gasteiger partial charge on any atom is 0.229 e. The molecule has 0 heterocycles. The predicted molar refractivity (Wildman–Crippen MR) is 132 cm³/mol. The summed E-state index contributed by atoms with van der Waals surface area (Å²) in [5.74, 6) is 0.00224. The van der Waals surface area contributed by atoms with Gasteiger partial charge in [-0.05, 0) is 65.9 Å². The van der Waals surface area contributed by atoms with E-state index in [4.69, 9.17) is 0 Å². The smallest absolute Gasteiger partial charge is 0.229 e. The van der Waals surface area contributed by atoms with Crippen molar-refractivity contribution in [3.63, 3.8) is 0 Å². The van der Waals surface area contributed by atoms with Gasteiger partial charge in [0, 0.05) is 12.5 Å². The molecule has 0 saturated carbocycles. The lowest BCUT2D eigenvalue weighted by molar-refractivity contribution is 0.243. The second-order valence-corrected chi connectivity index (χ2v) is 10.2. The fourth-order valence-corrected chi connectivity index (χ4v) is 4.38. The summed E-state index contributed by atoms with van der Waals surface area (Å²) < 4.78 is 25.5. The lowest BCUT2D eigenvalue weighted by Crippen LogP contribution is -2.29. The van der Waals surface area contributed by atoms with Crippen LogP contribution in [0.5, 0.6) is 17.2 Å². The van der Waals surface area contributed by atoms with Crippen LogP contribution in [0.25, 0.3) is 0 Å². The highest BCUT2D eigenvalue weighted by molar-refractivity contribution is 7.92. The topological polar surface area (TPSA) is 139 Å². The van der Waals surface area contributed by atoms with E-state index in [2.05, 4.69) is 10.0 Å². The van der Waals surface area contributed by atoms with Gasteiger partial charge in [-0.15, -0.1) is 0 Å². The van der Waals surface area contributed by atoms with E-state index >= 15 is 0 Å². The van der Waals surface area contributed by atoms with Crippen LogP contribution in [0.4, 0.5) is 5.69 Å². The number of rotatable bonds is 9. The second kappa shape index (κ2) is 10.3. The Morgan fingerprint density at radius 1 is 0.794 bits per heavy atom. The van der Waals surface area contributed by atoms with Crippen molar-refractivity contribution in [3.8, 4) is 17.2 Å². The van der Waals surface area contributed by atoms with E-state index in [0.29, 0.717) is 12.1 Å². The van der Waals surface area contributed by atoms with Crippen molar-refractivity contribution in [2.45, 2.75) is 25.8 Å². The van der Waals surface area contributed by atoms with Gasteiger partial charge in [0.25, 0.3) is 0 Å². The first-order chi connectivity index (χ1) is 16.0. The summed E-state index contributed by atoms with van der Waals surface area (Å²) in [7, 11) is -3.60. The number of hydrogen-bond acceptors (Lipinski definition) is 7. The Labute approximate surface area is 199 Å². The molecule has 0 aromatic heterocycles. The van der Waals surface area contributed by atoms with Crippen LogP contribution in [0.2, 0.25) is 0 Å². The van der Waals surface area contributed by atoms with E-state index in [-0.39, 0.29) is 35.5 Å². The van der Waals surface area contributed by atoms with Gasteiger partial charge in [0.05, 0.1) is 24.6 Å². The number of benzene rings is 3. The second-order valence-electron chi connectivity index (χ2n) is 8.44. The third-order valence-corrected chi connectivity index (χ3v) is 6.31. The molecule has 182 valence electrons. The Bertz CT molecular complexity index is 1220. The van der Waals surface area contributed by atoms with E-state index in [9.17, 15) is 28.8 Å². The van der Waals surface area contributed by atoms with Gasteiger partial charge < -0.3 is 25.7 Å². The molecule has 0 aliphatic heterocycles. The van der Waals surface area contributed by atoms with Crippen LogP contribution in [-0.2, 0) is 10.0 Å². The quantitative estimate of drug-likeness (QED) is 0.255. The molecule has 0 fully saturated rings. The lowest BCUT2D eigenvalue weighted by Gasteiger charge is -2.24. The summed E-state index contributed by atoms with van der Waals surface area (Å²) in [4.78, 5) is 0. The molecular weight excluding hydrogens is 456 g/mol. The molecule has 0 amide bonds. The normalized spacial score (nSPS) is 12.6. The summed E-state index contributed by atoms with van der Waals surface area (Å²) in [5, 5.41) is 43.3. The van der Waals surface area contributed by atoms with Crippen LogP contribution < -0.4 is 10.0 Å². The molecule has 34 heavy (non-hydrogen) atoms. The van der Waals surface area contributed by atoms with Crippen LogP contribution in [0, 0.1) is 13.8 Å². The van der Waals surface area contributed by atoms with Gasteiger partial charge in [-0.3, -0.25) is 4.72 Å². The van der Waals surface area contributed by atoms with E-state index in [1.54, 1.807) is 18.2 Å². The van der Waals surface area contributed by atoms with Crippen molar-refractivity contribution < 1.29 is 28.8 Å². The number of phenols is 3. The number of nitrogens with one attached hydrogen (secondary N) is 2. The molecule has 0 spiro atoms. The van der Waals surface area contributed by atoms with Crippen LogP contribution in [0.15, 0.2) is 54.6 Å². The molecule has 3 aromatic carbocycles. The minimum absolute atomic E-state index is 0.0279. The zero-order valence-corrected chi connectivity index (χ0v) is 20.1. The van der Waals surface area contributed by atoms with Crippen LogP contribution >= 0.6 is 0 Å². The molecule has 0 unspecified atom stereocenters. The number of phenolic OH excluding ortho intramolecular Hbond substituents is 3. The zero-order valence-electron chi connectivity index (χ0n) is 19.3. The van der Waals surface area contributed by atoms with Crippen LogP contribution in [0.3, 0.4) is 0 Å². The van der Waals surface area contributed by atoms with Gasteiger partial charge in [0.2, 0.25) is 10.0 Å². The van der Waals surface area contributed by atoms with Gasteiger partial charge in [-0.2, -0.15) is 0 Å². The van der Waals surface area contributed by atoms with Crippen molar-refractivity contribution >= 4 is 15.7 Å². The Balaban J connectivity index is 1.92. The third kappa shape index (κ3) is 6.19. The van der Waals surface area contributed by atoms with Gasteiger partial charge in [0.15, 0.2) is 0 Å². The van der Waals surface area contributed by atoms with Gasteiger partial charge in [-0.1, -0.05) is 30.3 Å². The van der Waals surface area contributed by atoms with Crippen molar-refractivity contribution in [1.29, 1.82) is 0 Å². The maximum atomic E-state index is 11.6. The zero-order chi connectivity index (χ0) is 25.0. The molecule has 3 rings (SSSR count). The van der Waals surface area contributed by atoms with Crippen LogP contribution in [0.1, 0.15) is 39.8 Å². The largest absolute Gasteiger partial charge is 0.508 e. The van der Waals surface area contributed by atoms with Gasteiger partial charge in [0.1, 0.15) is 17.2 Å². The van der Waals surface area contributed by atoms with E-state index in [1.165, 1.54) is 12.1 Å². The molecular formula is C25H30N2O6S. The summed E-state index contributed by atoms with van der Waals surface area (Å²) in [5.41, 5.74) is 3.96. The van der Waals surface area contributed by atoms with Gasteiger partial charge in [-0.25, -0.2) is 8.42 Å². The monoisotopic (exact) mass is 486 g/mol. The van der Waals surface area contributed by atoms with E-state index in [0.717, 1.165) is 28.5 Å². The molecule has 0 saturated heterocycles. The first kappa shape index (κ1) is 25.4. The SMILES string of the molecule is Cc1cc(C(CN[C@@H](CO)c2ccc(O)c(NS(C)(=O)=O)c2)c2ccc(O)c(C)c2)ccc1O. The highest BCUT2D eigenvalue weighted by Gasteiger charge is 2.20. The Kier molecular flexibility index (Phi) is 7.71. The van der Waals surface area contributed by atoms with E-state index in [1.807, 2.05) is 38.1 Å². The minimum Gasteiger partial charge on any atom is -0.508 e. The number of aryl methyl sites for hydroxylation is 2. The van der Waals surface area contributed by atoms with Crippen molar-refractivity contribution in [1.82, 2.24) is 5.32 Å². The lowest BCUT2D eigenvalue weighted by atomic mass is 9.88. The fraction of sp³-hybridized carbons (Fsp3) is 0.280. The summed E-state index contributed by atoms with van der Waals surface area (Å²) in [6.45, 7) is 3.76. The Hall–Kier alpha value is -3.27. The molecule has 0 aliphatic carbocycles. The van der Waals surface area contributed by atoms with Gasteiger partial charge >= 0.3 is 0 Å². The maximum absolute atomic E-state index is 11.6. The number of aromatic hydroxyl groups is 3. The molecule has 0 bridgehead atoms. The highest BCUT2D eigenvalue weighted by Crippen LogP contribution is 2.32. The fourth-order valence-electron chi connectivity index (χ4n) is 3.82. The molecule has 1 atom stereocenters. The minimum atomic E-state index is -3.60. The standard InChI is InChI=1S/C25H30N2O6S/c1-15-10-17(4-7-23(15)29)20(18-5-8-24(30)16(2)11-18)13-26-22(14-28)19-6-9-25(31)21(12-19)27-34(3,32)33/h4-12,20,22,26-31H,13-14H2,1-3H3/t22-/m0/s1. The summed E-state index contributed by atoms with van der Waals surface area (Å²) in [6, 6.07) is 14.7. The molecule has 3 aromatic rings. The first-order valence-corrected chi connectivity index (χ1v) is 12.6. The average Bonchev–Trinajstić information content (AvgIpc) is 2.76. The number of anilines is 1. The van der Waals surface area contributed by atoms with Crippen molar-refractivity contribution in [3.05, 3.63) is 82.4 Å². The number of aliphatic hydroxyl groups excluding tert-OH is 1. The molecule has 6 N–H and O–H groups in total. The first-order valence-electron chi connectivity index (χ1n) is 10.7. The summed E-state index contributed by atoms with van der Waals surface area (Å²) >= 11 is 0. The Morgan fingerprint density at radius 2 is 1.29 bits per heavy atom. The molecule has 0 aliphatic rings. The summed E-state index contributed by atoms with van der Waals surface area (Å²) in [6.07, 6.45) is 0.991. The van der Waals surface area contributed by atoms with E-state index < -0.39 is 16.1 Å². The molecule has 8 nitrogen and oxygen atoms in total. The van der Waals surface area contributed by atoms with Crippen molar-refractivity contribution in [2.75, 3.05) is 24.1 Å². The molecule has 0 radical (unpaired) electrons. The predicted octanol–water partition coefficient (Wildman–Crippen LogP) is 3.25. The number of aliphatic hydroxyl groups is 1. The third-order valence-electron chi connectivity index (χ3n) is 5.72. The van der Waals surface area contributed by atoms with Crippen molar-refractivity contribution in [2.24, 2.45) is 0 Å². The van der Waals surface area contributed by atoms with Crippen LogP contribution in [-0.4, -0.2) is 48.3 Å². The number of sulfonamides is 1. The Morgan fingerprint density at radius 3 is 1.76 bits per heavy atom. The number of hydrogen-bond donors (Lipinski definition) is 6. The molecule has 9 heteroatoms. The highest BCUT2D eigenvalue weighted by atomic mass is 32.2. The average molecular weight is 487 g/mol.